The second kappa shape index (κ2) is 7.07. The zero-order chi connectivity index (χ0) is 16.2. The SMILES string of the molecule is CNCC[C@@H](Cc1ccc2[nH]c(O)c(Cl)c2c1)c1ccccc1. The average molecular weight is 329 g/mol. The quantitative estimate of drug-likeness (QED) is 0.625. The Morgan fingerprint density at radius 2 is 1.96 bits per heavy atom. The van der Waals surface area contributed by atoms with Crippen LogP contribution in [0.25, 0.3) is 10.9 Å². The molecular formula is C19H21ClN2O. The van der Waals surface area contributed by atoms with Gasteiger partial charge in [0, 0.05) is 10.9 Å². The maximum absolute atomic E-state index is 9.71. The Labute approximate surface area is 141 Å². The van der Waals surface area contributed by atoms with Crippen LogP contribution in [0.4, 0.5) is 0 Å². The number of aromatic hydroxyl groups is 1. The molecule has 0 radical (unpaired) electrons. The van der Waals surface area contributed by atoms with Crippen LogP contribution in [0.2, 0.25) is 5.02 Å². The molecule has 0 fully saturated rings. The third-order valence-corrected chi connectivity index (χ3v) is 4.66. The van der Waals surface area contributed by atoms with Crippen molar-refractivity contribution >= 4 is 22.5 Å². The first-order chi connectivity index (χ1) is 11.2. The van der Waals surface area contributed by atoms with Crippen LogP contribution in [0.5, 0.6) is 5.88 Å². The average Bonchev–Trinajstić information content (AvgIpc) is 2.87. The Kier molecular flexibility index (Phi) is 4.89. The van der Waals surface area contributed by atoms with E-state index in [1.54, 1.807) is 0 Å². The van der Waals surface area contributed by atoms with Crippen molar-refractivity contribution in [3.63, 3.8) is 0 Å². The minimum Gasteiger partial charge on any atom is -0.494 e. The summed E-state index contributed by atoms with van der Waals surface area (Å²) in [4.78, 5) is 2.89. The highest BCUT2D eigenvalue weighted by Gasteiger charge is 2.14. The summed E-state index contributed by atoms with van der Waals surface area (Å²) in [5.74, 6) is 0.487. The number of halogens is 1. The van der Waals surface area contributed by atoms with Crippen LogP contribution >= 0.6 is 11.6 Å². The molecule has 0 aliphatic rings. The molecule has 0 saturated heterocycles. The van der Waals surface area contributed by atoms with Gasteiger partial charge in [-0.25, -0.2) is 0 Å². The summed E-state index contributed by atoms with van der Waals surface area (Å²) in [6.45, 7) is 0.980. The second-order valence-electron chi connectivity index (χ2n) is 5.87. The molecule has 1 atom stereocenters. The minimum absolute atomic E-state index is 0.0357. The summed E-state index contributed by atoms with van der Waals surface area (Å²) in [7, 11) is 1.98. The van der Waals surface area contributed by atoms with Crippen LogP contribution in [-0.4, -0.2) is 23.7 Å². The lowest BCUT2D eigenvalue weighted by atomic mass is 9.89. The molecule has 3 rings (SSSR count). The van der Waals surface area contributed by atoms with E-state index in [2.05, 4.69) is 46.7 Å². The molecule has 0 aliphatic heterocycles. The van der Waals surface area contributed by atoms with Crippen molar-refractivity contribution in [3.8, 4) is 5.88 Å². The third kappa shape index (κ3) is 3.52. The highest BCUT2D eigenvalue weighted by molar-refractivity contribution is 6.37. The van der Waals surface area contributed by atoms with E-state index >= 15 is 0 Å². The van der Waals surface area contributed by atoms with Gasteiger partial charge in [-0.15, -0.1) is 0 Å². The number of fused-ring (bicyclic) bond motifs is 1. The molecule has 3 aromatic rings. The van der Waals surface area contributed by atoms with Gasteiger partial charge in [0.15, 0.2) is 0 Å². The van der Waals surface area contributed by atoms with Gasteiger partial charge in [0.1, 0.15) is 5.02 Å². The van der Waals surface area contributed by atoms with E-state index in [9.17, 15) is 5.11 Å². The normalized spacial score (nSPS) is 12.6. The predicted octanol–water partition coefficient (Wildman–Crippen LogP) is 4.46. The first-order valence-electron chi connectivity index (χ1n) is 7.87. The van der Waals surface area contributed by atoms with E-state index in [0.717, 1.165) is 30.3 Å². The van der Waals surface area contributed by atoms with Gasteiger partial charge in [-0.2, -0.15) is 0 Å². The Hall–Kier alpha value is -1.97. The van der Waals surface area contributed by atoms with Crippen LogP contribution in [-0.2, 0) is 6.42 Å². The highest BCUT2D eigenvalue weighted by atomic mass is 35.5. The predicted molar refractivity (Wildman–Crippen MR) is 96.4 cm³/mol. The van der Waals surface area contributed by atoms with E-state index < -0.39 is 0 Å². The van der Waals surface area contributed by atoms with E-state index in [1.807, 2.05) is 19.2 Å². The van der Waals surface area contributed by atoms with Crippen LogP contribution in [0.3, 0.4) is 0 Å². The molecule has 0 amide bonds. The number of nitrogens with one attached hydrogen (secondary N) is 2. The van der Waals surface area contributed by atoms with Crippen LogP contribution in [0.1, 0.15) is 23.5 Å². The number of rotatable bonds is 6. The lowest BCUT2D eigenvalue weighted by Gasteiger charge is -2.17. The zero-order valence-electron chi connectivity index (χ0n) is 13.1. The van der Waals surface area contributed by atoms with Gasteiger partial charge in [0.05, 0.1) is 0 Å². The second-order valence-corrected chi connectivity index (χ2v) is 6.25. The molecule has 2 aromatic carbocycles. The summed E-state index contributed by atoms with van der Waals surface area (Å²) < 4.78 is 0. The lowest BCUT2D eigenvalue weighted by Crippen LogP contribution is -2.14. The van der Waals surface area contributed by atoms with Gasteiger partial charge in [0.25, 0.3) is 0 Å². The Bertz CT molecular complexity index is 783. The Morgan fingerprint density at radius 3 is 2.70 bits per heavy atom. The number of H-pyrrole nitrogens is 1. The number of hydrogen-bond donors (Lipinski definition) is 3. The van der Waals surface area contributed by atoms with Crippen molar-refractivity contribution in [2.24, 2.45) is 0 Å². The summed E-state index contributed by atoms with van der Waals surface area (Å²) in [5.41, 5.74) is 3.44. The van der Waals surface area contributed by atoms with Gasteiger partial charge in [-0.3, -0.25) is 0 Å². The maximum atomic E-state index is 9.71. The fourth-order valence-corrected chi connectivity index (χ4v) is 3.24. The van der Waals surface area contributed by atoms with Gasteiger partial charge in [0.2, 0.25) is 5.88 Å². The van der Waals surface area contributed by atoms with Crippen molar-refractivity contribution in [2.45, 2.75) is 18.8 Å². The van der Waals surface area contributed by atoms with Crippen LogP contribution < -0.4 is 5.32 Å². The fraction of sp³-hybridized carbons (Fsp3) is 0.263. The number of benzene rings is 2. The summed E-state index contributed by atoms with van der Waals surface area (Å²) >= 11 is 6.16. The van der Waals surface area contributed by atoms with Gasteiger partial charge in [-0.1, -0.05) is 48.0 Å². The largest absolute Gasteiger partial charge is 0.494 e. The monoisotopic (exact) mass is 328 g/mol. The van der Waals surface area contributed by atoms with E-state index in [1.165, 1.54) is 11.1 Å². The number of hydrogen-bond acceptors (Lipinski definition) is 2. The van der Waals surface area contributed by atoms with E-state index in [-0.39, 0.29) is 5.88 Å². The number of aromatic amines is 1. The molecule has 4 heteroatoms. The van der Waals surface area contributed by atoms with E-state index in [0.29, 0.717) is 10.9 Å². The summed E-state index contributed by atoms with van der Waals surface area (Å²) in [6.07, 6.45) is 2.02. The molecule has 1 heterocycles. The minimum atomic E-state index is 0.0357. The molecule has 3 N–H and O–H groups in total. The van der Waals surface area contributed by atoms with Crippen molar-refractivity contribution in [1.29, 1.82) is 0 Å². The van der Waals surface area contributed by atoms with Crippen molar-refractivity contribution in [3.05, 3.63) is 64.7 Å². The molecular weight excluding hydrogens is 308 g/mol. The fourth-order valence-electron chi connectivity index (χ4n) is 3.03. The molecule has 1 aromatic heterocycles. The van der Waals surface area contributed by atoms with Crippen LogP contribution in [0, 0.1) is 0 Å². The van der Waals surface area contributed by atoms with Crippen molar-refractivity contribution in [2.75, 3.05) is 13.6 Å². The van der Waals surface area contributed by atoms with Crippen molar-refractivity contribution < 1.29 is 5.11 Å². The molecule has 23 heavy (non-hydrogen) atoms. The van der Waals surface area contributed by atoms with Gasteiger partial charge < -0.3 is 15.4 Å². The Balaban J connectivity index is 1.88. The molecule has 120 valence electrons. The third-order valence-electron chi connectivity index (χ3n) is 4.28. The van der Waals surface area contributed by atoms with Crippen molar-refractivity contribution in [1.82, 2.24) is 10.3 Å². The molecule has 0 unspecified atom stereocenters. The molecule has 0 spiro atoms. The number of aromatic nitrogens is 1. The first-order valence-corrected chi connectivity index (χ1v) is 8.25. The van der Waals surface area contributed by atoms with E-state index in [4.69, 9.17) is 11.6 Å². The highest BCUT2D eigenvalue weighted by Crippen LogP contribution is 2.33. The van der Waals surface area contributed by atoms with Gasteiger partial charge >= 0.3 is 0 Å². The standard InChI is InChI=1S/C19H21ClN2O/c1-21-10-9-15(14-5-3-2-4-6-14)11-13-7-8-17-16(12-13)18(20)19(23)22-17/h2-8,12,15,21-23H,9-11H2,1H3/t15-/m0/s1. The molecule has 0 aliphatic carbocycles. The zero-order valence-corrected chi connectivity index (χ0v) is 13.9. The molecule has 3 nitrogen and oxygen atoms in total. The van der Waals surface area contributed by atoms with Gasteiger partial charge in [-0.05, 0) is 55.6 Å². The lowest BCUT2D eigenvalue weighted by molar-refractivity contribution is 0.459. The summed E-state index contributed by atoms with van der Waals surface area (Å²) in [5, 5.41) is 14.2. The topological polar surface area (TPSA) is 48.0 Å². The molecule has 0 bridgehead atoms. The Morgan fingerprint density at radius 1 is 1.17 bits per heavy atom. The first kappa shape index (κ1) is 15.9. The smallest absolute Gasteiger partial charge is 0.208 e. The maximum Gasteiger partial charge on any atom is 0.208 e. The molecule has 0 saturated carbocycles. The summed E-state index contributed by atoms with van der Waals surface area (Å²) in [6, 6.07) is 16.8. The van der Waals surface area contributed by atoms with Crippen LogP contribution in [0.15, 0.2) is 48.5 Å².